The zero-order chi connectivity index (χ0) is 15.5. The van der Waals surface area contributed by atoms with Gasteiger partial charge in [-0.05, 0) is 24.6 Å². The minimum atomic E-state index is -0.373. The van der Waals surface area contributed by atoms with E-state index < -0.39 is 0 Å². The maximum atomic E-state index is 11.9. The first-order valence-corrected chi connectivity index (χ1v) is 7.40. The molecule has 1 aromatic carbocycles. The molecule has 1 aliphatic heterocycles. The molecule has 2 heterocycles. The van der Waals surface area contributed by atoms with Gasteiger partial charge in [0.2, 0.25) is 5.13 Å². The third-order valence-electron chi connectivity index (χ3n) is 3.06. The average Bonchev–Trinajstić information content (AvgIpc) is 2.99. The summed E-state index contributed by atoms with van der Waals surface area (Å²) < 4.78 is 5.30. The fraction of sp³-hybridized carbons (Fsp3) is 0.231. The van der Waals surface area contributed by atoms with Crippen LogP contribution in [0, 0.1) is 0 Å². The van der Waals surface area contributed by atoms with Crippen molar-refractivity contribution in [2.45, 2.75) is 13.0 Å². The topological polar surface area (TPSA) is 105 Å². The molecule has 0 saturated carbocycles. The Balaban J connectivity index is 1.67. The molecular formula is C13H13N5O3S. The molecular weight excluding hydrogens is 306 g/mol. The molecule has 0 aliphatic carbocycles. The lowest BCUT2D eigenvalue weighted by molar-refractivity contribution is -0.118. The van der Waals surface area contributed by atoms with Crippen LogP contribution in [-0.2, 0) is 4.79 Å². The number of hydrogen-bond acceptors (Lipinski definition) is 6. The summed E-state index contributed by atoms with van der Waals surface area (Å²) in [6.45, 7) is 1.86. The molecule has 2 aromatic rings. The van der Waals surface area contributed by atoms with Crippen molar-refractivity contribution in [3.8, 4) is 5.75 Å². The molecule has 0 saturated heterocycles. The van der Waals surface area contributed by atoms with E-state index in [1.165, 1.54) is 16.8 Å². The van der Waals surface area contributed by atoms with E-state index in [-0.39, 0.29) is 24.6 Å². The minimum absolute atomic E-state index is 0.0183. The van der Waals surface area contributed by atoms with Crippen LogP contribution in [0.1, 0.15) is 18.5 Å². The highest BCUT2D eigenvalue weighted by Crippen LogP contribution is 2.30. The highest BCUT2D eigenvalue weighted by atomic mass is 32.1. The Morgan fingerprint density at radius 3 is 3.14 bits per heavy atom. The van der Waals surface area contributed by atoms with Crippen molar-refractivity contribution < 1.29 is 14.3 Å². The molecule has 0 fully saturated rings. The van der Waals surface area contributed by atoms with Gasteiger partial charge in [-0.1, -0.05) is 17.4 Å². The maximum absolute atomic E-state index is 11.9. The van der Waals surface area contributed by atoms with E-state index in [0.717, 1.165) is 5.56 Å². The van der Waals surface area contributed by atoms with Crippen molar-refractivity contribution in [2.75, 3.05) is 17.2 Å². The Kier molecular flexibility index (Phi) is 3.88. The van der Waals surface area contributed by atoms with Crippen LogP contribution in [0.2, 0.25) is 0 Å². The number of hydrogen-bond donors (Lipinski definition) is 3. The third-order valence-corrected chi connectivity index (χ3v) is 3.67. The number of carbonyl (C=O) groups excluding carboxylic acids is 2. The molecule has 0 spiro atoms. The molecule has 114 valence electrons. The number of anilines is 2. The number of rotatable bonds is 3. The van der Waals surface area contributed by atoms with Crippen LogP contribution in [0.25, 0.3) is 0 Å². The van der Waals surface area contributed by atoms with E-state index in [2.05, 4.69) is 26.1 Å². The summed E-state index contributed by atoms with van der Waals surface area (Å²) >= 11 is 1.23. The SMILES string of the molecule is C[C@@H](NC(=O)Nc1nncs1)c1ccc2c(c1)NC(=O)CO2. The van der Waals surface area contributed by atoms with E-state index in [1.54, 1.807) is 12.1 Å². The van der Waals surface area contributed by atoms with Gasteiger partial charge in [-0.2, -0.15) is 0 Å². The molecule has 8 nitrogen and oxygen atoms in total. The van der Waals surface area contributed by atoms with Crippen molar-refractivity contribution >= 4 is 34.1 Å². The first kappa shape index (κ1) is 14.3. The van der Waals surface area contributed by atoms with Crippen molar-refractivity contribution in [3.05, 3.63) is 29.3 Å². The van der Waals surface area contributed by atoms with Gasteiger partial charge in [0.1, 0.15) is 11.3 Å². The highest BCUT2D eigenvalue weighted by Gasteiger charge is 2.18. The molecule has 0 unspecified atom stereocenters. The lowest BCUT2D eigenvalue weighted by atomic mass is 10.1. The lowest BCUT2D eigenvalue weighted by Gasteiger charge is -2.20. The van der Waals surface area contributed by atoms with Gasteiger partial charge in [0.15, 0.2) is 6.61 Å². The minimum Gasteiger partial charge on any atom is -0.482 e. The smallest absolute Gasteiger partial charge is 0.321 e. The van der Waals surface area contributed by atoms with Crippen molar-refractivity contribution in [3.63, 3.8) is 0 Å². The Labute approximate surface area is 129 Å². The summed E-state index contributed by atoms with van der Waals surface area (Å²) in [5, 5.41) is 15.9. The number of urea groups is 1. The maximum Gasteiger partial charge on any atom is 0.321 e. The van der Waals surface area contributed by atoms with Gasteiger partial charge in [-0.25, -0.2) is 4.79 Å². The molecule has 9 heteroatoms. The Bertz CT molecular complexity index is 704. The van der Waals surface area contributed by atoms with Crippen LogP contribution in [0.5, 0.6) is 5.75 Å². The lowest BCUT2D eigenvalue weighted by Crippen LogP contribution is -2.31. The first-order valence-electron chi connectivity index (χ1n) is 6.52. The van der Waals surface area contributed by atoms with Gasteiger partial charge in [0.05, 0.1) is 11.7 Å². The average molecular weight is 319 g/mol. The first-order chi connectivity index (χ1) is 10.6. The Hall–Kier alpha value is -2.68. The van der Waals surface area contributed by atoms with Gasteiger partial charge in [-0.3, -0.25) is 10.1 Å². The number of benzene rings is 1. The second-order valence-corrected chi connectivity index (χ2v) is 5.49. The summed E-state index contributed by atoms with van der Waals surface area (Å²) in [6, 6.07) is 4.76. The standard InChI is InChI=1S/C13H13N5O3S/c1-7(15-12(20)17-13-18-14-6-22-13)8-2-3-10-9(4-8)16-11(19)5-21-10/h2-4,6-7H,5H2,1H3,(H,16,19)(H2,15,17,18,20)/t7-/m1/s1. The molecule has 0 bridgehead atoms. The Morgan fingerprint density at radius 1 is 1.50 bits per heavy atom. The van der Waals surface area contributed by atoms with Gasteiger partial charge in [0.25, 0.3) is 5.91 Å². The van der Waals surface area contributed by atoms with Crippen LogP contribution < -0.4 is 20.7 Å². The molecule has 3 N–H and O–H groups in total. The van der Waals surface area contributed by atoms with E-state index in [9.17, 15) is 9.59 Å². The van der Waals surface area contributed by atoms with Crippen LogP contribution in [0.4, 0.5) is 15.6 Å². The third kappa shape index (κ3) is 3.14. The zero-order valence-corrected chi connectivity index (χ0v) is 12.4. The molecule has 1 atom stereocenters. The molecule has 1 aliphatic rings. The van der Waals surface area contributed by atoms with Gasteiger partial charge >= 0.3 is 6.03 Å². The monoisotopic (exact) mass is 319 g/mol. The summed E-state index contributed by atoms with van der Waals surface area (Å²) in [5.74, 6) is 0.424. The van der Waals surface area contributed by atoms with Gasteiger partial charge < -0.3 is 15.4 Å². The van der Waals surface area contributed by atoms with Crippen molar-refractivity contribution in [1.82, 2.24) is 15.5 Å². The fourth-order valence-electron chi connectivity index (χ4n) is 2.01. The van der Waals surface area contributed by atoms with Crippen LogP contribution in [0.3, 0.4) is 0 Å². The second kappa shape index (κ2) is 5.98. The normalized spacial score (nSPS) is 14.3. The second-order valence-electron chi connectivity index (χ2n) is 4.66. The summed E-state index contributed by atoms with van der Waals surface area (Å²) in [6.07, 6.45) is 0. The van der Waals surface area contributed by atoms with Crippen LogP contribution in [0.15, 0.2) is 23.7 Å². The summed E-state index contributed by atoms with van der Waals surface area (Å²) in [7, 11) is 0. The molecule has 22 heavy (non-hydrogen) atoms. The Morgan fingerprint density at radius 2 is 2.36 bits per heavy atom. The van der Waals surface area contributed by atoms with Gasteiger partial charge in [0, 0.05) is 0 Å². The zero-order valence-electron chi connectivity index (χ0n) is 11.6. The summed E-state index contributed by atoms with van der Waals surface area (Å²) in [5.41, 5.74) is 2.98. The van der Waals surface area contributed by atoms with E-state index >= 15 is 0 Å². The number of ether oxygens (including phenoxy) is 1. The van der Waals surface area contributed by atoms with Crippen LogP contribution >= 0.6 is 11.3 Å². The highest BCUT2D eigenvalue weighted by molar-refractivity contribution is 7.13. The number of nitrogens with one attached hydrogen (secondary N) is 3. The molecule has 1 aromatic heterocycles. The number of nitrogens with zero attached hydrogens (tertiary/aromatic N) is 2. The van der Waals surface area contributed by atoms with E-state index in [0.29, 0.717) is 16.6 Å². The van der Waals surface area contributed by atoms with Crippen molar-refractivity contribution in [1.29, 1.82) is 0 Å². The number of carbonyl (C=O) groups is 2. The largest absolute Gasteiger partial charge is 0.482 e. The van der Waals surface area contributed by atoms with Gasteiger partial charge in [-0.15, -0.1) is 10.2 Å². The van der Waals surface area contributed by atoms with E-state index in [1.807, 2.05) is 13.0 Å². The molecule has 3 rings (SSSR count). The number of aromatic nitrogens is 2. The number of amides is 3. The van der Waals surface area contributed by atoms with E-state index in [4.69, 9.17) is 4.74 Å². The quantitative estimate of drug-likeness (QED) is 0.799. The fourth-order valence-corrected chi connectivity index (χ4v) is 2.45. The predicted octanol–water partition coefficient (Wildman–Crippen LogP) is 1.75. The van der Waals surface area contributed by atoms with Crippen molar-refractivity contribution in [2.24, 2.45) is 0 Å². The number of fused-ring (bicyclic) bond motifs is 1. The molecule has 3 amide bonds. The van der Waals surface area contributed by atoms with Crippen LogP contribution in [-0.4, -0.2) is 28.7 Å². The predicted molar refractivity (Wildman–Crippen MR) is 81.0 cm³/mol. The summed E-state index contributed by atoms with van der Waals surface area (Å²) in [4.78, 5) is 23.2. The molecule has 0 radical (unpaired) electrons.